The van der Waals surface area contributed by atoms with Gasteiger partial charge in [0.05, 0.1) is 16.5 Å². The van der Waals surface area contributed by atoms with E-state index in [2.05, 4.69) is 10.3 Å². The standard InChI is InChI=1S/C13H14ClF3N2O2/c14-9-5-7(13(15,16)17)6-18-11(9)19-10-4-2-1-3-8(10)12(20)21/h5-6,8,10H,1-4H2,(H,18,19)(H,20,21). The van der Waals surface area contributed by atoms with Crippen molar-refractivity contribution in [3.63, 3.8) is 0 Å². The molecule has 1 aliphatic rings. The monoisotopic (exact) mass is 322 g/mol. The highest BCUT2D eigenvalue weighted by Crippen LogP contribution is 2.34. The van der Waals surface area contributed by atoms with Crippen molar-refractivity contribution >= 4 is 23.4 Å². The first kappa shape index (κ1) is 15.9. The highest BCUT2D eigenvalue weighted by Gasteiger charge is 2.33. The van der Waals surface area contributed by atoms with Crippen LogP contribution in [0.4, 0.5) is 19.0 Å². The van der Waals surface area contributed by atoms with Gasteiger partial charge in [0.25, 0.3) is 0 Å². The molecule has 0 saturated heterocycles. The third-order valence-electron chi connectivity index (χ3n) is 3.57. The Bertz CT molecular complexity index is 537. The van der Waals surface area contributed by atoms with Gasteiger partial charge in [0.2, 0.25) is 0 Å². The largest absolute Gasteiger partial charge is 0.481 e. The molecule has 21 heavy (non-hydrogen) atoms. The molecule has 2 unspecified atom stereocenters. The second-order valence-corrected chi connectivity index (χ2v) is 5.44. The maximum Gasteiger partial charge on any atom is 0.417 e. The molecule has 0 bridgehead atoms. The number of halogens is 4. The molecule has 0 spiro atoms. The van der Waals surface area contributed by atoms with E-state index in [1.807, 2.05) is 0 Å². The average Bonchev–Trinajstić information content (AvgIpc) is 2.40. The van der Waals surface area contributed by atoms with Crippen molar-refractivity contribution in [1.29, 1.82) is 0 Å². The second kappa shape index (κ2) is 6.09. The molecule has 116 valence electrons. The van der Waals surface area contributed by atoms with Gasteiger partial charge in [0, 0.05) is 12.2 Å². The first-order valence-corrected chi connectivity index (χ1v) is 6.89. The lowest BCUT2D eigenvalue weighted by molar-refractivity contribution is -0.143. The minimum Gasteiger partial charge on any atom is -0.481 e. The van der Waals surface area contributed by atoms with Crippen LogP contribution in [0.2, 0.25) is 5.02 Å². The number of rotatable bonds is 3. The van der Waals surface area contributed by atoms with Gasteiger partial charge >= 0.3 is 12.1 Å². The van der Waals surface area contributed by atoms with Gasteiger partial charge in [0.15, 0.2) is 0 Å². The maximum atomic E-state index is 12.5. The number of alkyl halides is 3. The van der Waals surface area contributed by atoms with Crippen molar-refractivity contribution < 1.29 is 23.1 Å². The minimum atomic E-state index is -4.51. The van der Waals surface area contributed by atoms with E-state index in [1.165, 1.54) is 0 Å². The van der Waals surface area contributed by atoms with Gasteiger partial charge in [-0.1, -0.05) is 24.4 Å². The van der Waals surface area contributed by atoms with Crippen LogP contribution in [-0.2, 0) is 11.0 Å². The van der Waals surface area contributed by atoms with Gasteiger partial charge in [-0.25, -0.2) is 4.98 Å². The molecule has 1 aliphatic carbocycles. The molecule has 0 aromatic carbocycles. The molecular weight excluding hydrogens is 309 g/mol. The number of carboxylic acid groups (broad SMARTS) is 1. The van der Waals surface area contributed by atoms with Gasteiger partial charge in [-0.05, 0) is 18.9 Å². The van der Waals surface area contributed by atoms with Crippen LogP contribution >= 0.6 is 11.6 Å². The van der Waals surface area contributed by atoms with Crippen LogP contribution in [-0.4, -0.2) is 22.1 Å². The molecule has 2 atom stereocenters. The van der Waals surface area contributed by atoms with Crippen LogP contribution in [0.1, 0.15) is 31.2 Å². The molecule has 1 aromatic rings. The summed E-state index contributed by atoms with van der Waals surface area (Å²) in [4.78, 5) is 14.9. The Morgan fingerprint density at radius 2 is 2.05 bits per heavy atom. The summed E-state index contributed by atoms with van der Waals surface area (Å²) in [6.45, 7) is 0. The van der Waals surface area contributed by atoms with Gasteiger partial charge < -0.3 is 10.4 Å². The van der Waals surface area contributed by atoms with Gasteiger partial charge in [-0.3, -0.25) is 4.79 Å². The number of pyridine rings is 1. The van der Waals surface area contributed by atoms with Crippen molar-refractivity contribution in [3.05, 3.63) is 22.8 Å². The number of anilines is 1. The Balaban J connectivity index is 2.17. The molecule has 1 aromatic heterocycles. The molecule has 2 N–H and O–H groups in total. The second-order valence-electron chi connectivity index (χ2n) is 5.03. The zero-order chi connectivity index (χ0) is 15.6. The number of hydrogen-bond donors (Lipinski definition) is 2. The minimum absolute atomic E-state index is 0.0859. The Morgan fingerprint density at radius 1 is 1.38 bits per heavy atom. The predicted octanol–water partition coefficient (Wildman–Crippen LogP) is 3.81. The van der Waals surface area contributed by atoms with E-state index in [9.17, 15) is 18.0 Å². The van der Waals surface area contributed by atoms with Crippen molar-refractivity contribution in [2.45, 2.75) is 37.9 Å². The van der Waals surface area contributed by atoms with Crippen LogP contribution in [0.25, 0.3) is 0 Å². The van der Waals surface area contributed by atoms with Crippen LogP contribution < -0.4 is 5.32 Å². The number of aromatic nitrogens is 1. The van der Waals surface area contributed by atoms with Crippen LogP contribution in [0.3, 0.4) is 0 Å². The lowest BCUT2D eigenvalue weighted by atomic mass is 9.84. The average molecular weight is 323 g/mol. The maximum absolute atomic E-state index is 12.5. The van der Waals surface area contributed by atoms with Gasteiger partial charge in [-0.2, -0.15) is 13.2 Å². The highest BCUT2D eigenvalue weighted by molar-refractivity contribution is 6.33. The summed E-state index contributed by atoms with van der Waals surface area (Å²) in [5.41, 5.74) is -0.934. The summed E-state index contributed by atoms with van der Waals surface area (Å²) < 4.78 is 37.6. The fourth-order valence-corrected chi connectivity index (χ4v) is 2.69. The van der Waals surface area contributed by atoms with E-state index in [0.29, 0.717) is 19.0 Å². The van der Waals surface area contributed by atoms with Crippen molar-refractivity contribution in [2.75, 3.05) is 5.32 Å². The van der Waals surface area contributed by atoms with Gasteiger partial charge in [0.1, 0.15) is 5.82 Å². The third kappa shape index (κ3) is 3.78. The van der Waals surface area contributed by atoms with E-state index in [0.717, 1.165) is 18.9 Å². The molecule has 0 aliphatic heterocycles. The van der Waals surface area contributed by atoms with Gasteiger partial charge in [-0.15, -0.1) is 0 Å². The van der Waals surface area contributed by atoms with Crippen molar-refractivity contribution in [3.8, 4) is 0 Å². The Kier molecular flexibility index (Phi) is 4.61. The molecule has 0 amide bonds. The third-order valence-corrected chi connectivity index (χ3v) is 3.86. The molecule has 2 rings (SSSR count). The lowest BCUT2D eigenvalue weighted by Crippen LogP contribution is -2.37. The summed E-state index contributed by atoms with van der Waals surface area (Å²) in [7, 11) is 0. The molecule has 8 heteroatoms. The number of aliphatic carboxylic acids is 1. The molecule has 1 fully saturated rings. The van der Waals surface area contributed by atoms with Crippen LogP contribution in [0.5, 0.6) is 0 Å². The van der Waals surface area contributed by atoms with Crippen LogP contribution in [0.15, 0.2) is 12.3 Å². The first-order valence-electron chi connectivity index (χ1n) is 6.51. The molecular formula is C13H14ClF3N2O2. The van der Waals surface area contributed by atoms with E-state index in [4.69, 9.17) is 16.7 Å². The van der Waals surface area contributed by atoms with E-state index in [-0.39, 0.29) is 16.9 Å². The molecule has 4 nitrogen and oxygen atoms in total. The number of nitrogens with zero attached hydrogens (tertiary/aromatic N) is 1. The summed E-state index contributed by atoms with van der Waals surface area (Å²) in [6, 6.07) is 0.410. The SMILES string of the molecule is O=C(O)C1CCCCC1Nc1ncc(C(F)(F)F)cc1Cl. The van der Waals surface area contributed by atoms with E-state index < -0.39 is 23.6 Å². The summed E-state index contributed by atoms with van der Waals surface area (Å²) in [5, 5.41) is 11.9. The lowest BCUT2D eigenvalue weighted by Gasteiger charge is -2.30. The predicted molar refractivity (Wildman–Crippen MR) is 71.3 cm³/mol. The Hall–Kier alpha value is -1.50. The molecule has 1 heterocycles. The molecule has 1 saturated carbocycles. The fourth-order valence-electron chi connectivity index (χ4n) is 2.47. The van der Waals surface area contributed by atoms with E-state index >= 15 is 0 Å². The zero-order valence-electron chi connectivity index (χ0n) is 11.0. The Labute approximate surface area is 124 Å². The number of carbonyl (C=O) groups is 1. The summed E-state index contributed by atoms with van der Waals surface area (Å²) in [6.07, 6.45) is -0.985. The van der Waals surface area contributed by atoms with Crippen molar-refractivity contribution in [2.24, 2.45) is 5.92 Å². The van der Waals surface area contributed by atoms with Crippen molar-refractivity contribution in [1.82, 2.24) is 4.98 Å². The Morgan fingerprint density at radius 3 is 2.62 bits per heavy atom. The topological polar surface area (TPSA) is 62.2 Å². The summed E-state index contributed by atoms with van der Waals surface area (Å²) >= 11 is 5.81. The highest BCUT2D eigenvalue weighted by atomic mass is 35.5. The zero-order valence-corrected chi connectivity index (χ0v) is 11.7. The number of hydrogen-bond acceptors (Lipinski definition) is 3. The number of nitrogens with one attached hydrogen (secondary N) is 1. The quantitative estimate of drug-likeness (QED) is 0.888. The first-order chi connectivity index (χ1) is 9.79. The smallest absolute Gasteiger partial charge is 0.417 e. The summed E-state index contributed by atoms with van der Waals surface area (Å²) in [5.74, 6) is -1.42. The van der Waals surface area contributed by atoms with E-state index in [1.54, 1.807) is 0 Å². The van der Waals surface area contributed by atoms with Crippen LogP contribution in [0, 0.1) is 5.92 Å². The normalized spacial score (nSPS) is 22.9. The fraction of sp³-hybridized carbons (Fsp3) is 0.538. The number of carboxylic acids is 1. The molecule has 0 radical (unpaired) electrons.